The van der Waals surface area contributed by atoms with Crippen molar-refractivity contribution in [1.82, 2.24) is 5.43 Å². The first-order valence-corrected chi connectivity index (χ1v) is 8.49. The normalized spacial score (nSPS) is 11.7. The number of carbonyl (C=O) groups excluding carboxylic acids is 1. The van der Waals surface area contributed by atoms with E-state index in [0.29, 0.717) is 0 Å². The predicted octanol–water partition coefficient (Wildman–Crippen LogP) is 4.46. The summed E-state index contributed by atoms with van der Waals surface area (Å²) in [6, 6.07) is 24.1. The summed E-state index contributed by atoms with van der Waals surface area (Å²) in [6.07, 6.45) is 3.64. The number of nitrogens with zero attached hydrogens (tertiary/aromatic N) is 1. The van der Waals surface area contributed by atoms with Crippen LogP contribution in [-0.4, -0.2) is 18.7 Å². The smallest absolute Gasteiger partial charge is 0.259 e. The summed E-state index contributed by atoms with van der Waals surface area (Å²) < 4.78 is 0. The van der Waals surface area contributed by atoms with Gasteiger partial charge in [0, 0.05) is 5.69 Å². The highest BCUT2D eigenvalue weighted by atomic mass is 16.2. The van der Waals surface area contributed by atoms with Crippen molar-refractivity contribution >= 4 is 34.7 Å². The third-order valence-corrected chi connectivity index (χ3v) is 3.85. The lowest BCUT2D eigenvalue weighted by molar-refractivity contribution is -0.119. The van der Waals surface area contributed by atoms with Gasteiger partial charge in [0.05, 0.1) is 12.8 Å². The molecule has 3 aromatic carbocycles. The molecule has 2 N–H and O–H groups in total. The standard InChI is InChI=1S/C22H21N3O/c1-17(13-18-7-3-2-4-8-18)15-24-25-22(26)16-23-21-12-11-19-9-5-6-10-20(19)14-21/h2-15,23H,16H2,1H3,(H,25,26). The van der Waals surface area contributed by atoms with Crippen LogP contribution in [0.3, 0.4) is 0 Å². The molecule has 3 aromatic rings. The van der Waals surface area contributed by atoms with E-state index in [9.17, 15) is 4.79 Å². The van der Waals surface area contributed by atoms with Crippen molar-refractivity contribution in [3.63, 3.8) is 0 Å². The lowest BCUT2D eigenvalue weighted by Crippen LogP contribution is -2.25. The molecule has 1 amide bonds. The molecule has 0 bridgehead atoms. The van der Waals surface area contributed by atoms with Gasteiger partial charge in [0.1, 0.15) is 0 Å². The molecule has 0 radical (unpaired) electrons. The van der Waals surface area contributed by atoms with Crippen molar-refractivity contribution in [2.24, 2.45) is 5.10 Å². The van der Waals surface area contributed by atoms with Crippen LogP contribution in [0.1, 0.15) is 12.5 Å². The van der Waals surface area contributed by atoms with Crippen molar-refractivity contribution in [2.75, 3.05) is 11.9 Å². The Labute approximate surface area is 153 Å². The van der Waals surface area contributed by atoms with Crippen LogP contribution >= 0.6 is 0 Å². The number of benzene rings is 3. The topological polar surface area (TPSA) is 53.5 Å². The Hall–Kier alpha value is -3.40. The number of rotatable bonds is 6. The van der Waals surface area contributed by atoms with Gasteiger partial charge in [0.15, 0.2) is 0 Å². The number of hydrazone groups is 1. The van der Waals surface area contributed by atoms with E-state index >= 15 is 0 Å². The number of anilines is 1. The number of allylic oxidation sites excluding steroid dienone is 1. The molecule has 0 fully saturated rings. The van der Waals surface area contributed by atoms with E-state index in [1.807, 2.05) is 79.7 Å². The van der Waals surface area contributed by atoms with E-state index in [-0.39, 0.29) is 12.5 Å². The zero-order valence-corrected chi connectivity index (χ0v) is 14.6. The fourth-order valence-corrected chi connectivity index (χ4v) is 2.58. The fraction of sp³-hybridized carbons (Fsp3) is 0.0909. The quantitative estimate of drug-likeness (QED) is 0.513. The first-order chi connectivity index (χ1) is 12.7. The van der Waals surface area contributed by atoms with E-state index in [1.165, 1.54) is 5.39 Å². The van der Waals surface area contributed by atoms with Crippen LogP contribution in [0.2, 0.25) is 0 Å². The minimum Gasteiger partial charge on any atom is -0.376 e. The first-order valence-electron chi connectivity index (χ1n) is 8.49. The molecule has 4 nitrogen and oxygen atoms in total. The van der Waals surface area contributed by atoms with Crippen LogP contribution in [0.15, 0.2) is 83.5 Å². The molecule has 3 rings (SSSR count). The van der Waals surface area contributed by atoms with Gasteiger partial charge < -0.3 is 5.32 Å². The van der Waals surface area contributed by atoms with E-state index in [4.69, 9.17) is 0 Å². The largest absolute Gasteiger partial charge is 0.376 e. The molecule has 0 saturated heterocycles. The molecular formula is C22H21N3O. The highest BCUT2D eigenvalue weighted by Gasteiger charge is 2.00. The van der Waals surface area contributed by atoms with Gasteiger partial charge in [-0.2, -0.15) is 5.10 Å². The zero-order valence-electron chi connectivity index (χ0n) is 14.6. The molecular weight excluding hydrogens is 322 g/mol. The van der Waals surface area contributed by atoms with Crippen LogP contribution in [-0.2, 0) is 4.79 Å². The lowest BCUT2D eigenvalue weighted by atomic mass is 10.1. The Bertz CT molecular complexity index is 946. The maximum Gasteiger partial charge on any atom is 0.259 e. The van der Waals surface area contributed by atoms with Gasteiger partial charge in [-0.3, -0.25) is 4.79 Å². The Morgan fingerprint density at radius 1 is 0.962 bits per heavy atom. The molecule has 0 heterocycles. The fourth-order valence-electron chi connectivity index (χ4n) is 2.58. The monoisotopic (exact) mass is 343 g/mol. The second-order valence-electron chi connectivity index (χ2n) is 6.01. The van der Waals surface area contributed by atoms with Gasteiger partial charge >= 0.3 is 0 Å². The molecule has 4 heteroatoms. The highest BCUT2D eigenvalue weighted by Crippen LogP contribution is 2.18. The first kappa shape index (κ1) is 17.4. The van der Waals surface area contributed by atoms with Crippen LogP contribution in [0.4, 0.5) is 5.69 Å². The summed E-state index contributed by atoms with van der Waals surface area (Å²) in [5.41, 5.74) is 5.49. The van der Waals surface area contributed by atoms with Crippen molar-refractivity contribution in [3.05, 3.63) is 83.9 Å². The number of nitrogens with one attached hydrogen (secondary N) is 2. The van der Waals surface area contributed by atoms with Gasteiger partial charge in [-0.05, 0) is 41.0 Å². The number of fused-ring (bicyclic) bond motifs is 1. The molecule has 0 aliphatic rings. The molecule has 0 aromatic heterocycles. The Morgan fingerprint density at radius 2 is 1.69 bits per heavy atom. The molecule has 0 unspecified atom stereocenters. The van der Waals surface area contributed by atoms with E-state index in [2.05, 4.69) is 21.9 Å². The van der Waals surface area contributed by atoms with Gasteiger partial charge in [-0.1, -0.05) is 66.7 Å². The van der Waals surface area contributed by atoms with Crippen molar-refractivity contribution < 1.29 is 4.79 Å². The van der Waals surface area contributed by atoms with Gasteiger partial charge in [-0.15, -0.1) is 0 Å². The van der Waals surface area contributed by atoms with Crippen LogP contribution in [0.5, 0.6) is 0 Å². The molecule has 0 atom stereocenters. The minimum atomic E-state index is -0.193. The van der Waals surface area contributed by atoms with Crippen molar-refractivity contribution in [1.29, 1.82) is 0 Å². The Morgan fingerprint density at radius 3 is 2.50 bits per heavy atom. The number of hydrogen-bond acceptors (Lipinski definition) is 3. The summed E-state index contributed by atoms with van der Waals surface area (Å²) in [6.45, 7) is 2.10. The lowest BCUT2D eigenvalue weighted by Gasteiger charge is -2.06. The Kier molecular flexibility index (Phi) is 5.78. The highest BCUT2D eigenvalue weighted by molar-refractivity contribution is 5.88. The van der Waals surface area contributed by atoms with Crippen molar-refractivity contribution in [3.8, 4) is 0 Å². The SMILES string of the molecule is CC(C=NNC(=O)CNc1ccc2ccccc2c1)=Cc1ccccc1. The van der Waals surface area contributed by atoms with E-state index in [0.717, 1.165) is 22.2 Å². The average Bonchev–Trinajstić information content (AvgIpc) is 2.67. The second kappa shape index (κ2) is 8.62. The molecule has 0 aliphatic carbocycles. The van der Waals surface area contributed by atoms with E-state index < -0.39 is 0 Å². The van der Waals surface area contributed by atoms with Crippen LogP contribution < -0.4 is 10.7 Å². The molecule has 0 saturated carbocycles. The Balaban J connectivity index is 1.49. The minimum absolute atomic E-state index is 0.164. The maximum absolute atomic E-state index is 11.9. The third-order valence-electron chi connectivity index (χ3n) is 3.85. The summed E-state index contributed by atoms with van der Waals surface area (Å²) in [4.78, 5) is 11.9. The van der Waals surface area contributed by atoms with Gasteiger partial charge in [0.2, 0.25) is 0 Å². The van der Waals surface area contributed by atoms with E-state index in [1.54, 1.807) is 6.21 Å². The van der Waals surface area contributed by atoms with Gasteiger partial charge in [-0.25, -0.2) is 5.43 Å². The molecule has 0 spiro atoms. The molecule has 0 aliphatic heterocycles. The average molecular weight is 343 g/mol. The van der Waals surface area contributed by atoms with Crippen LogP contribution in [0.25, 0.3) is 16.8 Å². The summed E-state index contributed by atoms with van der Waals surface area (Å²) >= 11 is 0. The number of carbonyl (C=O) groups is 1. The summed E-state index contributed by atoms with van der Waals surface area (Å²) in [5.74, 6) is -0.193. The maximum atomic E-state index is 11.9. The number of hydrogen-bond donors (Lipinski definition) is 2. The summed E-state index contributed by atoms with van der Waals surface area (Å²) in [7, 11) is 0. The van der Waals surface area contributed by atoms with Crippen molar-refractivity contribution in [2.45, 2.75) is 6.92 Å². The number of amides is 1. The predicted molar refractivity (Wildman–Crippen MR) is 109 cm³/mol. The molecule has 130 valence electrons. The van der Waals surface area contributed by atoms with Gasteiger partial charge in [0.25, 0.3) is 5.91 Å². The molecule has 26 heavy (non-hydrogen) atoms. The second-order valence-corrected chi connectivity index (χ2v) is 6.01. The summed E-state index contributed by atoms with van der Waals surface area (Å²) in [5, 5.41) is 9.42. The third kappa shape index (κ3) is 5.05. The van der Waals surface area contributed by atoms with Crippen LogP contribution in [0, 0.1) is 0 Å². The zero-order chi connectivity index (χ0) is 18.2.